The van der Waals surface area contributed by atoms with E-state index in [2.05, 4.69) is 5.32 Å². The third-order valence-corrected chi connectivity index (χ3v) is 3.55. The van der Waals surface area contributed by atoms with Crippen LogP contribution in [0.5, 0.6) is 0 Å². The van der Waals surface area contributed by atoms with Gasteiger partial charge in [-0.15, -0.1) is 0 Å². The van der Waals surface area contributed by atoms with E-state index in [1.165, 1.54) is 0 Å². The summed E-state index contributed by atoms with van der Waals surface area (Å²) in [5.41, 5.74) is 6.46. The van der Waals surface area contributed by atoms with Crippen LogP contribution in [0.15, 0.2) is 30.3 Å². The predicted molar refractivity (Wildman–Crippen MR) is 72.0 cm³/mol. The molecule has 1 aromatic carbocycles. The normalized spacial score (nSPS) is 14.7. The van der Waals surface area contributed by atoms with Crippen LogP contribution in [-0.2, 0) is 14.9 Å². The maximum Gasteiger partial charge on any atom is 0.265 e. The SMILES string of the molecule is CC(CNC(=O)[C@@H](N)c1ccccc1)CS(=O)(=O)O. The molecule has 4 N–H and O–H groups in total. The van der Waals surface area contributed by atoms with Gasteiger partial charge in [0.1, 0.15) is 6.04 Å². The van der Waals surface area contributed by atoms with E-state index >= 15 is 0 Å². The molecule has 19 heavy (non-hydrogen) atoms. The first-order valence-electron chi connectivity index (χ1n) is 5.83. The van der Waals surface area contributed by atoms with E-state index in [0.717, 1.165) is 0 Å². The van der Waals surface area contributed by atoms with Gasteiger partial charge in [0, 0.05) is 6.54 Å². The standard InChI is InChI=1S/C12H18N2O4S/c1-9(8-19(16,17)18)7-14-12(15)11(13)10-5-3-2-4-6-10/h2-6,9,11H,7-8,13H2,1H3,(H,14,15)(H,16,17,18)/t9?,11-/m0/s1. The van der Waals surface area contributed by atoms with E-state index in [1.807, 2.05) is 6.07 Å². The Morgan fingerprint density at radius 2 is 1.95 bits per heavy atom. The second kappa shape index (κ2) is 6.65. The smallest absolute Gasteiger partial charge is 0.265 e. The number of carbonyl (C=O) groups is 1. The molecule has 0 saturated heterocycles. The van der Waals surface area contributed by atoms with Crippen LogP contribution in [0.25, 0.3) is 0 Å². The number of hydrogen-bond donors (Lipinski definition) is 3. The Morgan fingerprint density at radius 3 is 2.47 bits per heavy atom. The molecule has 1 amide bonds. The van der Waals surface area contributed by atoms with Gasteiger partial charge in [0.2, 0.25) is 5.91 Å². The van der Waals surface area contributed by atoms with Crippen molar-refractivity contribution >= 4 is 16.0 Å². The van der Waals surface area contributed by atoms with Crippen LogP contribution in [0.4, 0.5) is 0 Å². The van der Waals surface area contributed by atoms with Gasteiger partial charge >= 0.3 is 0 Å². The van der Waals surface area contributed by atoms with Crippen LogP contribution in [0.3, 0.4) is 0 Å². The van der Waals surface area contributed by atoms with Crippen molar-refractivity contribution in [3.05, 3.63) is 35.9 Å². The van der Waals surface area contributed by atoms with Crippen molar-refractivity contribution in [2.45, 2.75) is 13.0 Å². The molecule has 0 radical (unpaired) electrons. The van der Waals surface area contributed by atoms with E-state index in [4.69, 9.17) is 10.3 Å². The zero-order valence-electron chi connectivity index (χ0n) is 10.6. The Morgan fingerprint density at radius 1 is 1.37 bits per heavy atom. The molecule has 6 nitrogen and oxygen atoms in total. The molecule has 7 heteroatoms. The predicted octanol–water partition coefficient (Wildman–Crippen LogP) is 0.327. The minimum atomic E-state index is -4.03. The molecule has 1 rings (SSSR count). The summed E-state index contributed by atoms with van der Waals surface area (Å²) in [4.78, 5) is 11.8. The van der Waals surface area contributed by atoms with E-state index in [-0.39, 0.29) is 18.4 Å². The molecule has 0 saturated carbocycles. The zero-order chi connectivity index (χ0) is 14.5. The number of nitrogens with one attached hydrogen (secondary N) is 1. The number of rotatable bonds is 6. The van der Waals surface area contributed by atoms with Gasteiger partial charge in [-0.25, -0.2) is 0 Å². The van der Waals surface area contributed by atoms with Crippen LogP contribution in [-0.4, -0.2) is 31.2 Å². The monoisotopic (exact) mass is 286 g/mol. The quantitative estimate of drug-likeness (QED) is 0.653. The Bertz CT molecular complexity index is 516. The molecule has 106 valence electrons. The highest BCUT2D eigenvalue weighted by molar-refractivity contribution is 7.85. The fourth-order valence-corrected chi connectivity index (χ4v) is 2.45. The lowest BCUT2D eigenvalue weighted by molar-refractivity contribution is -0.122. The minimum Gasteiger partial charge on any atom is -0.354 e. The first kappa shape index (κ1) is 15.6. The largest absolute Gasteiger partial charge is 0.354 e. The third-order valence-electron chi connectivity index (χ3n) is 2.56. The Hall–Kier alpha value is -1.44. The van der Waals surface area contributed by atoms with Crippen molar-refractivity contribution in [1.29, 1.82) is 0 Å². The zero-order valence-corrected chi connectivity index (χ0v) is 11.4. The number of carbonyl (C=O) groups excluding carboxylic acids is 1. The molecule has 0 aliphatic heterocycles. The maximum absolute atomic E-state index is 11.8. The van der Waals surface area contributed by atoms with E-state index in [0.29, 0.717) is 5.56 Å². The van der Waals surface area contributed by atoms with E-state index in [1.54, 1.807) is 31.2 Å². The summed E-state index contributed by atoms with van der Waals surface area (Å²) in [5, 5.41) is 2.56. The molecule has 0 aromatic heterocycles. The summed E-state index contributed by atoms with van der Waals surface area (Å²) in [5.74, 6) is -1.16. The number of amides is 1. The second-order valence-corrected chi connectivity index (χ2v) is 5.98. The van der Waals surface area contributed by atoms with Gasteiger partial charge in [0.05, 0.1) is 5.75 Å². The van der Waals surface area contributed by atoms with Gasteiger partial charge < -0.3 is 11.1 Å². The summed E-state index contributed by atoms with van der Waals surface area (Å²) >= 11 is 0. The average Bonchev–Trinajstić information content (AvgIpc) is 2.34. The molecule has 0 fully saturated rings. The van der Waals surface area contributed by atoms with Crippen LogP contribution >= 0.6 is 0 Å². The van der Waals surface area contributed by atoms with Gasteiger partial charge in [0.15, 0.2) is 0 Å². The highest BCUT2D eigenvalue weighted by atomic mass is 32.2. The van der Waals surface area contributed by atoms with E-state index in [9.17, 15) is 13.2 Å². The van der Waals surface area contributed by atoms with Crippen molar-refractivity contribution in [1.82, 2.24) is 5.32 Å². The molecule has 0 spiro atoms. The summed E-state index contributed by atoms with van der Waals surface area (Å²) in [6, 6.07) is 8.08. The van der Waals surface area contributed by atoms with Gasteiger partial charge in [-0.3, -0.25) is 9.35 Å². The highest BCUT2D eigenvalue weighted by Crippen LogP contribution is 2.09. The van der Waals surface area contributed by atoms with Crippen molar-refractivity contribution in [2.75, 3.05) is 12.3 Å². The minimum absolute atomic E-state index is 0.138. The Balaban J connectivity index is 2.48. The van der Waals surface area contributed by atoms with Crippen LogP contribution in [0.2, 0.25) is 0 Å². The first-order valence-corrected chi connectivity index (χ1v) is 7.44. The summed E-state index contributed by atoms with van der Waals surface area (Å²) in [7, 11) is -4.03. The van der Waals surface area contributed by atoms with E-state index < -0.39 is 21.9 Å². The van der Waals surface area contributed by atoms with Crippen LogP contribution in [0, 0.1) is 5.92 Å². The molecule has 0 aliphatic rings. The van der Waals surface area contributed by atoms with Gasteiger partial charge in [-0.1, -0.05) is 37.3 Å². The van der Waals surface area contributed by atoms with Crippen LogP contribution in [0.1, 0.15) is 18.5 Å². The third kappa shape index (κ3) is 5.82. The number of nitrogens with two attached hydrogens (primary N) is 1. The van der Waals surface area contributed by atoms with Crippen LogP contribution < -0.4 is 11.1 Å². The Kier molecular flexibility index (Phi) is 5.46. The van der Waals surface area contributed by atoms with Gasteiger partial charge in [-0.05, 0) is 11.5 Å². The van der Waals surface area contributed by atoms with Crippen molar-refractivity contribution in [2.24, 2.45) is 11.7 Å². The molecule has 1 aromatic rings. The molecule has 0 bridgehead atoms. The second-order valence-electron chi connectivity index (χ2n) is 4.49. The average molecular weight is 286 g/mol. The van der Waals surface area contributed by atoms with Crippen molar-refractivity contribution in [3.63, 3.8) is 0 Å². The highest BCUT2D eigenvalue weighted by Gasteiger charge is 2.17. The summed E-state index contributed by atoms with van der Waals surface area (Å²) < 4.78 is 30.0. The van der Waals surface area contributed by atoms with Gasteiger partial charge in [-0.2, -0.15) is 8.42 Å². The van der Waals surface area contributed by atoms with Gasteiger partial charge in [0.25, 0.3) is 10.1 Å². The van der Waals surface area contributed by atoms with Crippen molar-refractivity contribution < 1.29 is 17.8 Å². The molecular formula is C12H18N2O4S. The molecule has 0 heterocycles. The summed E-state index contributed by atoms with van der Waals surface area (Å²) in [6.07, 6.45) is 0. The number of hydrogen-bond acceptors (Lipinski definition) is 4. The summed E-state index contributed by atoms with van der Waals surface area (Å²) in [6.45, 7) is 1.75. The molecule has 2 atom stereocenters. The first-order chi connectivity index (χ1) is 8.79. The lowest BCUT2D eigenvalue weighted by Gasteiger charge is -2.15. The maximum atomic E-state index is 11.8. The number of benzene rings is 1. The topological polar surface area (TPSA) is 109 Å². The Labute approximate surface area is 112 Å². The molecular weight excluding hydrogens is 268 g/mol. The lowest BCUT2D eigenvalue weighted by atomic mass is 10.1. The fraction of sp³-hybridized carbons (Fsp3) is 0.417. The molecule has 0 aliphatic carbocycles. The van der Waals surface area contributed by atoms with Crippen molar-refractivity contribution in [3.8, 4) is 0 Å². The fourth-order valence-electron chi connectivity index (χ4n) is 1.62. The lowest BCUT2D eigenvalue weighted by Crippen LogP contribution is -2.37. The molecule has 1 unspecified atom stereocenters.